The number of halogens is 3. The molecule has 1 aliphatic rings. The number of nitrogens with zero attached hydrogens (tertiary/aromatic N) is 2. The van der Waals surface area contributed by atoms with Crippen LogP contribution >= 0.6 is 0 Å². The van der Waals surface area contributed by atoms with Crippen molar-refractivity contribution in [3.8, 4) is 11.4 Å². The molecule has 0 saturated carbocycles. The highest BCUT2D eigenvalue weighted by Gasteiger charge is 2.35. The van der Waals surface area contributed by atoms with Gasteiger partial charge in [0.25, 0.3) is 0 Å². The molecule has 3 aromatic rings. The lowest BCUT2D eigenvalue weighted by Crippen LogP contribution is -2.14. The minimum atomic E-state index is -4.45. The predicted octanol–water partition coefficient (Wildman–Crippen LogP) is 5.24. The van der Waals surface area contributed by atoms with Gasteiger partial charge in [-0.2, -0.15) is 18.3 Å². The number of fused-ring (bicyclic) bond motifs is 1. The zero-order valence-electron chi connectivity index (χ0n) is 16.1. The molecule has 2 heterocycles. The first-order chi connectivity index (χ1) is 14.0. The second-order valence-electron chi connectivity index (χ2n) is 7.11. The molecular weight excluding hydrogens is 379 g/mol. The molecule has 0 spiro atoms. The van der Waals surface area contributed by atoms with E-state index >= 15 is 0 Å². The molecular formula is C22H22F3N3O. The molecule has 29 heavy (non-hydrogen) atoms. The van der Waals surface area contributed by atoms with Crippen LogP contribution in [0.2, 0.25) is 0 Å². The Morgan fingerprint density at radius 3 is 2.55 bits per heavy atom. The summed E-state index contributed by atoms with van der Waals surface area (Å²) in [5.41, 5.74) is 2.19. The Morgan fingerprint density at radius 1 is 1.07 bits per heavy atom. The van der Waals surface area contributed by atoms with Gasteiger partial charge in [0, 0.05) is 18.5 Å². The lowest BCUT2D eigenvalue weighted by Gasteiger charge is -2.15. The SMILES string of the molecule is COc1ccc(Cc2nn(-c3ccccc3C(F)(F)F)c3c2CCCCN3)cc1. The van der Waals surface area contributed by atoms with E-state index < -0.39 is 11.7 Å². The van der Waals surface area contributed by atoms with Gasteiger partial charge >= 0.3 is 6.18 Å². The number of ether oxygens (including phenoxy) is 1. The average Bonchev–Trinajstić information content (AvgIpc) is 2.89. The molecule has 0 fully saturated rings. The largest absolute Gasteiger partial charge is 0.497 e. The Morgan fingerprint density at radius 2 is 1.83 bits per heavy atom. The van der Waals surface area contributed by atoms with Crippen molar-refractivity contribution in [1.82, 2.24) is 9.78 Å². The van der Waals surface area contributed by atoms with Crippen molar-refractivity contribution in [2.24, 2.45) is 0 Å². The molecule has 2 aromatic carbocycles. The van der Waals surface area contributed by atoms with E-state index in [9.17, 15) is 13.2 Å². The van der Waals surface area contributed by atoms with Gasteiger partial charge in [-0.3, -0.25) is 0 Å². The first-order valence-electron chi connectivity index (χ1n) is 9.61. The fourth-order valence-corrected chi connectivity index (χ4v) is 3.72. The molecule has 0 unspecified atom stereocenters. The molecule has 1 aliphatic heterocycles. The molecule has 0 saturated heterocycles. The standard InChI is InChI=1S/C22H22F3N3O/c1-29-16-11-9-15(10-12-16)14-19-17-6-4-5-13-26-21(17)28(27-19)20-8-3-2-7-18(20)22(23,24)25/h2-3,7-12,26H,4-6,13-14H2,1H3. The van der Waals surface area contributed by atoms with Crippen molar-refractivity contribution in [2.45, 2.75) is 31.9 Å². The number of nitrogens with one attached hydrogen (secondary N) is 1. The molecule has 7 heteroatoms. The lowest BCUT2D eigenvalue weighted by molar-refractivity contribution is -0.137. The van der Waals surface area contributed by atoms with Gasteiger partial charge in [-0.1, -0.05) is 24.3 Å². The van der Waals surface area contributed by atoms with Crippen molar-refractivity contribution >= 4 is 5.82 Å². The van der Waals surface area contributed by atoms with Crippen LogP contribution < -0.4 is 10.1 Å². The number of methoxy groups -OCH3 is 1. The molecule has 0 bridgehead atoms. The summed E-state index contributed by atoms with van der Waals surface area (Å²) in [5, 5.41) is 7.95. The van der Waals surface area contributed by atoms with Crippen LogP contribution in [0.4, 0.5) is 19.0 Å². The maximum Gasteiger partial charge on any atom is 0.418 e. The molecule has 4 nitrogen and oxygen atoms in total. The van der Waals surface area contributed by atoms with E-state index in [2.05, 4.69) is 10.4 Å². The van der Waals surface area contributed by atoms with Crippen LogP contribution in [-0.4, -0.2) is 23.4 Å². The Hall–Kier alpha value is -2.96. The number of hydrogen-bond donors (Lipinski definition) is 1. The van der Waals surface area contributed by atoms with Crippen LogP contribution in [0.3, 0.4) is 0 Å². The van der Waals surface area contributed by atoms with Crippen LogP contribution in [-0.2, 0) is 19.0 Å². The molecule has 1 aromatic heterocycles. The first kappa shape index (κ1) is 19.4. The Kier molecular flexibility index (Phi) is 5.22. The molecule has 0 radical (unpaired) electrons. The molecule has 4 rings (SSSR count). The lowest BCUT2D eigenvalue weighted by atomic mass is 10.0. The molecule has 0 atom stereocenters. The van der Waals surface area contributed by atoms with Gasteiger partial charge in [-0.05, 0) is 49.1 Å². The van der Waals surface area contributed by atoms with E-state index in [0.29, 0.717) is 12.2 Å². The quantitative estimate of drug-likeness (QED) is 0.650. The maximum absolute atomic E-state index is 13.6. The monoisotopic (exact) mass is 401 g/mol. The third kappa shape index (κ3) is 3.95. The molecule has 152 valence electrons. The zero-order chi connectivity index (χ0) is 20.4. The number of rotatable bonds is 4. The number of hydrogen-bond acceptors (Lipinski definition) is 3. The second kappa shape index (κ2) is 7.81. The fourth-order valence-electron chi connectivity index (χ4n) is 3.72. The summed E-state index contributed by atoms with van der Waals surface area (Å²) < 4.78 is 47.4. The molecule has 0 aliphatic carbocycles. The van der Waals surface area contributed by atoms with Gasteiger partial charge < -0.3 is 10.1 Å². The van der Waals surface area contributed by atoms with Gasteiger partial charge in [0.2, 0.25) is 0 Å². The van der Waals surface area contributed by atoms with E-state index in [-0.39, 0.29) is 5.69 Å². The van der Waals surface area contributed by atoms with Gasteiger partial charge in [-0.25, -0.2) is 4.68 Å². The summed E-state index contributed by atoms with van der Waals surface area (Å²) in [5.74, 6) is 1.43. The van der Waals surface area contributed by atoms with E-state index in [1.54, 1.807) is 13.2 Å². The summed E-state index contributed by atoms with van der Waals surface area (Å²) >= 11 is 0. The average molecular weight is 401 g/mol. The highest BCUT2D eigenvalue weighted by molar-refractivity contribution is 5.57. The smallest absolute Gasteiger partial charge is 0.418 e. The maximum atomic E-state index is 13.6. The first-order valence-corrected chi connectivity index (χ1v) is 9.61. The van der Waals surface area contributed by atoms with Crippen molar-refractivity contribution in [3.05, 3.63) is 70.9 Å². The van der Waals surface area contributed by atoms with Crippen LogP contribution in [0.15, 0.2) is 48.5 Å². The summed E-state index contributed by atoms with van der Waals surface area (Å²) in [6.07, 6.45) is -1.16. The number of anilines is 1. The van der Waals surface area contributed by atoms with E-state index in [4.69, 9.17) is 4.74 Å². The Balaban J connectivity index is 1.80. The fraction of sp³-hybridized carbons (Fsp3) is 0.318. The van der Waals surface area contributed by atoms with Crippen molar-refractivity contribution in [3.63, 3.8) is 0 Å². The second-order valence-corrected chi connectivity index (χ2v) is 7.11. The summed E-state index contributed by atoms with van der Waals surface area (Å²) in [6, 6.07) is 13.3. The van der Waals surface area contributed by atoms with Gasteiger partial charge in [-0.15, -0.1) is 0 Å². The summed E-state index contributed by atoms with van der Waals surface area (Å²) in [6.45, 7) is 0.717. The van der Waals surface area contributed by atoms with E-state index in [1.165, 1.54) is 16.8 Å². The normalized spacial score (nSPS) is 14.1. The third-order valence-electron chi connectivity index (χ3n) is 5.18. The third-order valence-corrected chi connectivity index (χ3v) is 5.18. The summed E-state index contributed by atoms with van der Waals surface area (Å²) in [7, 11) is 1.61. The van der Waals surface area contributed by atoms with E-state index in [1.807, 2.05) is 24.3 Å². The number of para-hydroxylation sites is 1. The Bertz CT molecular complexity index is 994. The Labute approximate surface area is 167 Å². The van der Waals surface area contributed by atoms with Crippen molar-refractivity contribution in [2.75, 3.05) is 19.0 Å². The number of aromatic nitrogens is 2. The van der Waals surface area contributed by atoms with Crippen LogP contribution in [0.1, 0.15) is 35.2 Å². The minimum absolute atomic E-state index is 0.0478. The summed E-state index contributed by atoms with van der Waals surface area (Å²) in [4.78, 5) is 0. The van der Waals surface area contributed by atoms with Crippen LogP contribution in [0, 0.1) is 0 Å². The van der Waals surface area contributed by atoms with Gasteiger partial charge in [0.05, 0.1) is 24.1 Å². The van der Waals surface area contributed by atoms with Gasteiger partial charge in [0.1, 0.15) is 11.6 Å². The molecule has 0 amide bonds. The predicted molar refractivity (Wildman–Crippen MR) is 106 cm³/mol. The van der Waals surface area contributed by atoms with Crippen LogP contribution in [0.5, 0.6) is 5.75 Å². The number of alkyl halides is 3. The van der Waals surface area contributed by atoms with Crippen molar-refractivity contribution in [1.29, 1.82) is 0 Å². The molecule has 1 N–H and O–H groups in total. The van der Waals surface area contributed by atoms with Crippen molar-refractivity contribution < 1.29 is 17.9 Å². The highest BCUT2D eigenvalue weighted by atomic mass is 19.4. The topological polar surface area (TPSA) is 39.1 Å². The zero-order valence-corrected chi connectivity index (χ0v) is 16.1. The highest BCUT2D eigenvalue weighted by Crippen LogP contribution is 2.37. The number of benzene rings is 2. The van der Waals surface area contributed by atoms with Gasteiger partial charge in [0.15, 0.2) is 0 Å². The minimum Gasteiger partial charge on any atom is -0.497 e. The van der Waals surface area contributed by atoms with Crippen LogP contribution in [0.25, 0.3) is 5.69 Å². The van der Waals surface area contributed by atoms with E-state index in [0.717, 1.165) is 54.4 Å².